The lowest BCUT2D eigenvalue weighted by Crippen LogP contribution is -2.06. The highest BCUT2D eigenvalue weighted by molar-refractivity contribution is 9.10. The Labute approximate surface area is 148 Å². The van der Waals surface area contributed by atoms with Crippen molar-refractivity contribution in [1.82, 2.24) is 24.7 Å². The highest BCUT2D eigenvalue weighted by Crippen LogP contribution is 2.24. The summed E-state index contributed by atoms with van der Waals surface area (Å²) in [5, 5.41) is 16.3. The molecule has 0 bridgehead atoms. The second-order valence-corrected chi connectivity index (χ2v) is 6.09. The van der Waals surface area contributed by atoms with Crippen LogP contribution in [-0.4, -0.2) is 38.0 Å². The predicted molar refractivity (Wildman–Crippen MR) is 94.5 cm³/mol. The number of ether oxygens (including phenoxy) is 1. The van der Waals surface area contributed by atoms with E-state index >= 15 is 0 Å². The Morgan fingerprint density at radius 1 is 1.25 bits per heavy atom. The molecule has 8 heteroatoms. The third-order valence-electron chi connectivity index (χ3n) is 3.66. The van der Waals surface area contributed by atoms with E-state index in [1.165, 1.54) is 12.7 Å². The maximum absolute atomic E-state index is 5.48. The van der Waals surface area contributed by atoms with Gasteiger partial charge in [0.2, 0.25) is 0 Å². The van der Waals surface area contributed by atoms with Gasteiger partial charge in [-0.2, -0.15) is 10.2 Å². The Balaban J connectivity index is 1.90. The van der Waals surface area contributed by atoms with Gasteiger partial charge in [-0.15, -0.1) is 10.2 Å². The van der Waals surface area contributed by atoms with E-state index in [-0.39, 0.29) is 0 Å². The van der Waals surface area contributed by atoms with Crippen molar-refractivity contribution in [2.45, 2.75) is 20.4 Å². The van der Waals surface area contributed by atoms with Crippen LogP contribution in [0.2, 0.25) is 0 Å². The van der Waals surface area contributed by atoms with Crippen LogP contribution in [0.1, 0.15) is 22.5 Å². The van der Waals surface area contributed by atoms with E-state index in [0.717, 1.165) is 32.7 Å². The number of aryl methyl sites for hydroxylation is 1. The van der Waals surface area contributed by atoms with Crippen molar-refractivity contribution in [3.8, 4) is 5.75 Å². The molecule has 0 aliphatic heterocycles. The minimum absolute atomic E-state index is 0.621. The third kappa shape index (κ3) is 3.38. The van der Waals surface area contributed by atoms with Crippen molar-refractivity contribution in [2.24, 2.45) is 5.10 Å². The van der Waals surface area contributed by atoms with Gasteiger partial charge in [0.1, 0.15) is 18.4 Å². The van der Waals surface area contributed by atoms with Gasteiger partial charge < -0.3 is 4.74 Å². The summed E-state index contributed by atoms with van der Waals surface area (Å²) in [6, 6.07) is 5.92. The molecule has 0 aliphatic rings. The Hall–Kier alpha value is -2.48. The zero-order valence-corrected chi connectivity index (χ0v) is 15.2. The van der Waals surface area contributed by atoms with Gasteiger partial charge in [0.25, 0.3) is 0 Å². The Morgan fingerprint density at radius 3 is 2.62 bits per heavy atom. The van der Waals surface area contributed by atoms with Crippen LogP contribution < -0.4 is 4.74 Å². The fraction of sp³-hybridized carbons (Fsp3) is 0.250. The van der Waals surface area contributed by atoms with Gasteiger partial charge in [0.05, 0.1) is 35.7 Å². The average molecular weight is 389 g/mol. The SMILES string of the molecule is COc1ccc(/C=N/n2cnnc2)cc1Cn1nc(C)c(Br)c1C. The van der Waals surface area contributed by atoms with Crippen molar-refractivity contribution in [3.63, 3.8) is 0 Å². The number of benzene rings is 1. The molecule has 3 rings (SSSR count). The molecule has 124 valence electrons. The van der Waals surface area contributed by atoms with Crippen LogP contribution in [0.3, 0.4) is 0 Å². The standard InChI is InChI=1S/C16H17BrN6O/c1-11-16(17)12(2)23(21-11)8-14-6-13(4-5-15(14)24-3)7-20-22-9-18-19-10-22/h4-7,9-10H,8H2,1-3H3/b20-7+. The summed E-state index contributed by atoms with van der Waals surface area (Å²) in [6.07, 6.45) is 4.83. The smallest absolute Gasteiger partial charge is 0.141 e. The van der Waals surface area contributed by atoms with Crippen LogP contribution in [-0.2, 0) is 6.54 Å². The van der Waals surface area contributed by atoms with Crippen LogP contribution in [0, 0.1) is 13.8 Å². The molecule has 1 aromatic carbocycles. The van der Waals surface area contributed by atoms with Crippen LogP contribution in [0.4, 0.5) is 0 Å². The highest BCUT2D eigenvalue weighted by Gasteiger charge is 2.11. The summed E-state index contributed by atoms with van der Waals surface area (Å²) in [5.41, 5.74) is 4.04. The van der Waals surface area contributed by atoms with Gasteiger partial charge in [-0.25, -0.2) is 4.68 Å². The fourth-order valence-corrected chi connectivity index (χ4v) is 2.66. The highest BCUT2D eigenvalue weighted by atomic mass is 79.9. The van der Waals surface area contributed by atoms with Crippen molar-refractivity contribution < 1.29 is 4.74 Å². The molecule has 0 saturated carbocycles. The predicted octanol–water partition coefficient (Wildman–Crippen LogP) is 2.79. The molecular weight excluding hydrogens is 372 g/mol. The maximum Gasteiger partial charge on any atom is 0.141 e. The summed E-state index contributed by atoms with van der Waals surface area (Å²) in [6.45, 7) is 4.64. The molecule has 7 nitrogen and oxygen atoms in total. The van der Waals surface area contributed by atoms with Crippen molar-refractivity contribution in [1.29, 1.82) is 0 Å². The lowest BCUT2D eigenvalue weighted by molar-refractivity contribution is 0.407. The molecule has 0 radical (unpaired) electrons. The molecule has 0 saturated heterocycles. The number of aromatic nitrogens is 5. The Morgan fingerprint density at radius 2 is 2.00 bits per heavy atom. The lowest BCUT2D eigenvalue weighted by atomic mass is 10.1. The first kappa shape index (κ1) is 16.4. The summed E-state index contributed by atoms with van der Waals surface area (Å²) in [5.74, 6) is 0.820. The van der Waals surface area contributed by atoms with Gasteiger partial charge in [-0.1, -0.05) is 0 Å². The minimum atomic E-state index is 0.621. The van der Waals surface area contributed by atoms with Crippen LogP contribution in [0.5, 0.6) is 5.75 Å². The average Bonchev–Trinajstić information content (AvgIpc) is 3.18. The molecular formula is C16H17BrN6O. The third-order valence-corrected chi connectivity index (χ3v) is 4.81. The van der Waals surface area contributed by atoms with E-state index in [1.807, 2.05) is 36.7 Å². The maximum atomic E-state index is 5.48. The Kier molecular flexibility index (Phi) is 4.75. The number of rotatable bonds is 5. The second-order valence-electron chi connectivity index (χ2n) is 5.30. The van der Waals surface area contributed by atoms with Crippen LogP contribution >= 0.6 is 15.9 Å². The van der Waals surface area contributed by atoms with E-state index in [0.29, 0.717) is 6.54 Å². The van der Waals surface area contributed by atoms with Crippen molar-refractivity contribution in [2.75, 3.05) is 7.11 Å². The monoisotopic (exact) mass is 388 g/mol. The van der Waals surface area contributed by atoms with E-state index in [1.54, 1.807) is 18.0 Å². The zero-order chi connectivity index (χ0) is 17.1. The molecule has 0 aliphatic carbocycles. The molecule has 2 aromatic heterocycles. The molecule has 0 fully saturated rings. The summed E-state index contributed by atoms with van der Waals surface area (Å²) in [4.78, 5) is 0. The van der Waals surface area contributed by atoms with E-state index in [2.05, 4.69) is 36.3 Å². The summed E-state index contributed by atoms with van der Waals surface area (Å²) >= 11 is 3.56. The molecule has 0 amide bonds. The zero-order valence-electron chi connectivity index (χ0n) is 13.6. The number of hydrogen-bond acceptors (Lipinski definition) is 5. The van der Waals surface area contributed by atoms with E-state index < -0.39 is 0 Å². The van der Waals surface area contributed by atoms with Gasteiger partial charge in [-0.05, 0) is 53.5 Å². The van der Waals surface area contributed by atoms with Gasteiger partial charge in [0, 0.05) is 5.56 Å². The van der Waals surface area contributed by atoms with Gasteiger partial charge in [0.15, 0.2) is 0 Å². The number of hydrogen-bond donors (Lipinski definition) is 0. The summed E-state index contributed by atoms with van der Waals surface area (Å²) < 4.78 is 10.0. The second kappa shape index (κ2) is 6.96. The summed E-state index contributed by atoms with van der Waals surface area (Å²) in [7, 11) is 1.67. The van der Waals surface area contributed by atoms with Crippen molar-refractivity contribution in [3.05, 3.63) is 57.8 Å². The van der Waals surface area contributed by atoms with Gasteiger partial charge in [-0.3, -0.25) is 4.68 Å². The lowest BCUT2D eigenvalue weighted by Gasteiger charge is -2.11. The first-order valence-corrected chi connectivity index (χ1v) is 8.13. The van der Waals surface area contributed by atoms with Crippen LogP contribution in [0.15, 0.2) is 40.4 Å². The molecule has 0 spiro atoms. The number of methoxy groups -OCH3 is 1. The first-order valence-electron chi connectivity index (χ1n) is 7.34. The fourth-order valence-electron chi connectivity index (χ4n) is 2.38. The molecule has 24 heavy (non-hydrogen) atoms. The van der Waals surface area contributed by atoms with Crippen molar-refractivity contribution >= 4 is 22.1 Å². The minimum Gasteiger partial charge on any atom is -0.496 e. The van der Waals surface area contributed by atoms with E-state index in [9.17, 15) is 0 Å². The number of halogens is 1. The van der Waals surface area contributed by atoms with E-state index in [4.69, 9.17) is 4.74 Å². The topological polar surface area (TPSA) is 70.1 Å². The molecule has 0 N–H and O–H groups in total. The number of nitrogens with zero attached hydrogens (tertiary/aromatic N) is 6. The molecule has 0 atom stereocenters. The molecule has 0 unspecified atom stereocenters. The Bertz CT molecular complexity index is 869. The largest absolute Gasteiger partial charge is 0.496 e. The molecule has 3 aromatic rings. The van der Waals surface area contributed by atoms with Gasteiger partial charge >= 0.3 is 0 Å². The quantitative estimate of drug-likeness (QED) is 0.630. The normalized spacial score (nSPS) is 11.3. The first-order chi connectivity index (χ1) is 11.6. The molecule has 2 heterocycles. The van der Waals surface area contributed by atoms with Crippen LogP contribution in [0.25, 0.3) is 0 Å².